The second kappa shape index (κ2) is 5.74. The van der Waals surface area contributed by atoms with Gasteiger partial charge in [-0.15, -0.1) is 0 Å². The van der Waals surface area contributed by atoms with Gasteiger partial charge in [-0.05, 0) is 42.9 Å². The fourth-order valence-electron chi connectivity index (χ4n) is 2.17. The second-order valence-electron chi connectivity index (χ2n) is 4.44. The van der Waals surface area contributed by atoms with Crippen LogP contribution in [0.15, 0.2) is 18.2 Å². The van der Waals surface area contributed by atoms with Crippen molar-refractivity contribution in [2.24, 2.45) is 5.73 Å². The lowest BCUT2D eigenvalue weighted by atomic mass is 10.1. The molecule has 4 heteroatoms. The predicted molar refractivity (Wildman–Crippen MR) is 73.2 cm³/mol. The van der Waals surface area contributed by atoms with E-state index in [1.54, 1.807) is 6.07 Å². The van der Waals surface area contributed by atoms with Crippen LogP contribution in [0.25, 0.3) is 0 Å². The summed E-state index contributed by atoms with van der Waals surface area (Å²) in [4.78, 5) is 2.33. The standard InChI is InChI=1S/C13H19FN2S/c1-10(15)12-9-11(14)3-4-13(12)16-5-2-7-17-8-6-16/h3-4,9-10H,2,5-8,15H2,1H3/t10-/m1/s1. The Morgan fingerprint density at radius 3 is 2.94 bits per heavy atom. The van der Waals surface area contributed by atoms with Crippen LogP contribution in [-0.2, 0) is 0 Å². The maximum atomic E-state index is 13.3. The second-order valence-corrected chi connectivity index (χ2v) is 5.67. The van der Waals surface area contributed by atoms with E-state index in [-0.39, 0.29) is 11.9 Å². The van der Waals surface area contributed by atoms with Gasteiger partial charge < -0.3 is 10.6 Å². The Bertz CT molecular complexity index is 374. The third kappa shape index (κ3) is 3.13. The summed E-state index contributed by atoms with van der Waals surface area (Å²) in [6, 6.07) is 4.83. The van der Waals surface area contributed by atoms with E-state index in [1.807, 2.05) is 24.8 Å². The highest BCUT2D eigenvalue weighted by atomic mass is 32.2. The van der Waals surface area contributed by atoms with Crippen LogP contribution in [0.4, 0.5) is 10.1 Å². The molecule has 2 N–H and O–H groups in total. The van der Waals surface area contributed by atoms with Gasteiger partial charge >= 0.3 is 0 Å². The number of benzene rings is 1. The normalized spacial score (nSPS) is 18.9. The lowest BCUT2D eigenvalue weighted by Crippen LogP contribution is -2.27. The van der Waals surface area contributed by atoms with Crippen molar-refractivity contribution in [2.45, 2.75) is 19.4 Å². The molecule has 0 bridgehead atoms. The molecular weight excluding hydrogens is 235 g/mol. The average molecular weight is 254 g/mol. The van der Waals surface area contributed by atoms with E-state index in [2.05, 4.69) is 4.90 Å². The van der Waals surface area contributed by atoms with E-state index < -0.39 is 0 Å². The lowest BCUT2D eigenvalue weighted by molar-refractivity contribution is 0.621. The first-order valence-electron chi connectivity index (χ1n) is 6.06. The minimum absolute atomic E-state index is 0.128. The van der Waals surface area contributed by atoms with E-state index in [4.69, 9.17) is 5.73 Å². The molecule has 0 aromatic heterocycles. The van der Waals surface area contributed by atoms with Gasteiger partial charge in [-0.2, -0.15) is 11.8 Å². The maximum Gasteiger partial charge on any atom is 0.123 e. The zero-order valence-electron chi connectivity index (χ0n) is 10.2. The van der Waals surface area contributed by atoms with Crippen molar-refractivity contribution >= 4 is 17.4 Å². The third-order valence-corrected chi connectivity index (χ3v) is 4.09. The van der Waals surface area contributed by atoms with E-state index in [1.165, 1.54) is 18.2 Å². The van der Waals surface area contributed by atoms with Gasteiger partial charge in [-0.1, -0.05) is 0 Å². The van der Waals surface area contributed by atoms with Crippen LogP contribution in [0.3, 0.4) is 0 Å². The van der Waals surface area contributed by atoms with E-state index in [9.17, 15) is 4.39 Å². The van der Waals surface area contributed by atoms with Crippen molar-refractivity contribution < 1.29 is 4.39 Å². The summed E-state index contributed by atoms with van der Waals surface area (Å²) >= 11 is 1.98. The monoisotopic (exact) mass is 254 g/mol. The van der Waals surface area contributed by atoms with Crippen LogP contribution in [0.5, 0.6) is 0 Å². The molecule has 94 valence electrons. The molecule has 2 rings (SSSR count). The minimum Gasteiger partial charge on any atom is -0.370 e. The topological polar surface area (TPSA) is 29.3 Å². The molecule has 1 aliphatic heterocycles. The van der Waals surface area contributed by atoms with Gasteiger partial charge in [-0.3, -0.25) is 0 Å². The Labute approximate surface area is 106 Å². The molecule has 0 unspecified atom stereocenters. The average Bonchev–Trinajstić information content (AvgIpc) is 2.57. The van der Waals surface area contributed by atoms with Crippen LogP contribution < -0.4 is 10.6 Å². The van der Waals surface area contributed by atoms with Gasteiger partial charge in [0.25, 0.3) is 0 Å². The Morgan fingerprint density at radius 1 is 1.35 bits per heavy atom. The first kappa shape index (κ1) is 12.7. The van der Waals surface area contributed by atoms with Gasteiger partial charge in [0.2, 0.25) is 0 Å². The SMILES string of the molecule is C[C@@H](N)c1cc(F)ccc1N1CCCSCC1. The number of anilines is 1. The summed E-state index contributed by atoms with van der Waals surface area (Å²) in [6.07, 6.45) is 1.18. The summed E-state index contributed by atoms with van der Waals surface area (Å²) in [7, 11) is 0. The molecule has 1 atom stereocenters. The number of rotatable bonds is 2. The van der Waals surface area contributed by atoms with Gasteiger partial charge in [0.15, 0.2) is 0 Å². The smallest absolute Gasteiger partial charge is 0.123 e. The number of thioether (sulfide) groups is 1. The summed E-state index contributed by atoms with van der Waals surface area (Å²) in [5.41, 5.74) is 7.95. The molecule has 0 radical (unpaired) electrons. The number of nitrogens with two attached hydrogens (primary N) is 1. The first-order valence-corrected chi connectivity index (χ1v) is 7.21. The van der Waals surface area contributed by atoms with E-state index in [0.29, 0.717) is 0 Å². The quantitative estimate of drug-likeness (QED) is 0.880. The summed E-state index contributed by atoms with van der Waals surface area (Å²) in [5.74, 6) is 2.14. The van der Waals surface area contributed by atoms with Crippen molar-refractivity contribution in [1.82, 2.24) is 0 Å². The van der Waals surface area contributed by atoms with Gasteiger partial charge in [-0.25, -0.2) is 4.39 Å². The van der Waals surface area contributed by atoms with Crippen LogP contribution in [0, 0.1) is 5.82 Å². The van der Waals surface area contributed by atoms with Crippen molar-refractivity contribution in [3.8, 4) is 0 Å². The first-order chi connectivity index (χ1) is 8.18. The van der Waals surface area contributed by atoms with Crippen LogP contribution in [0.2, 0.25) is 0 Å². The van der Waals surface area contributed by atoms with Crippen molar-refractivity contribution in [2.75, 3.05) is 29.5 Å². The van der Waals surface area contributed by atoms with Crippen LogP contribution in [0.1, 0.15) is 24.9 Å². The molecule has 0 aliphatic carbocycles. The fourth-order valence-corrected chi connectivity index (χ4v) is 3.05. The van der Waals surface area contributed by atoms with E-state index >= 15 is 0 Å². The number of nitrogens with zero attached hydrogens (tertiary/aromatic N) is 1. The number of hydrogen-bond donors (Lipinski definition) is 1. The summed E-state index contributed by atoms with van der Waals surface area (Å²) in [6.45, 7) is 3.97. The van der Waals surface area contributed by atoms with Crippen molar-refractivity contribution in [1.29, 1.82) is 0 Å². The summed E-state index contributed by atoms with van der Waals surface area (Å²) in [5, 5.41) is 0. The van der Waals surface area contributed by atoms with Gasteiger partial charge in [0, 0.05) is 30.6 Å². The molecule has 2 nitrogen and oxygen atoms in total. The predicted octanol–water partition coefficient (Wildman–Crippen LogP) is 2.79. The van der Waals surface area contributed by atoms with Gasteiger partial charge in [0.1, 0.15) is 5.82 Å². The Balaban J connectivity index is 2.29. The number of halogens is 1. The molecule has 1 saturated heterocycles. The highest BCUT2D eigenvalue weighted by Gasteiger charge is 2.16. The van der Waals surface area contributed by atoms with Crippen molar-refractivity contribution in [3.63, 3.8) is 0 Å². The van der Waals surface area contributed by atoms with Crippen LogP contribution >= 0.6 is 11.8 Å². The molecule has 0 spiro atoms. The third-order valence-electron chi connectivity index (χ3n) is 3.04. The molecule has 1 aromatic rings. The van der Waals surface area contributed by atoms with Gasteiger partial charge in [0.05, 0.1) is 0 Å². The number of hydrogen-bond acceptors (Lipinski definition) is 3. The Kier molecular flexibility index (Phi) is 4.29. The van der Waals surface area contributed by atoms with Crippen molar-refractivity contribution in [3.05, 3.63) is 29.6 Å². The molecule has 1 aliphatic rings. The molecule has 0 saturated carbocycles. The molecule has 1 heterocycles. The zero-order chi connectivity index (χ0) is 12.3. The van der Waals surface area contributed by atoms with Crippen LogP contribution in [-0.4, -0.2) is 24.6 Å². The molecule has 1 fully saturated rings. The van der Waals surface area contributed by atoms with E-state index in [0.717, 1.165) is 30.1 Å². The maximum absolute atomic E-state index is 13.3. The molecule has 0 amide bonds. The highest BCUT2D eigenvalue weighted by Crippen LogP contribution is 2.27. The molecule has 1 aromatic carbocycles. The lowest BCUT2D eigenvalue weighted by Gasteiger charge is -2.26. The molecule has 17 heavy (non-hydrogen) atoms. The molecular formula is C13H19FN2S. The Hall–Kier alpha value is -0.740. The largest absolute Gasteiger partial charge is 0.370 e. The summed E-state index contributed by atoms with van der Waals surface area (Å²) < 4.78 is 13.3. The Morgan fingerprint density at radius 2 is 2.18 bits per heavy atom. The highest BCUT2D eigenvalue weighted by molar-refractivity contribution is 7.99. The fraction of sp³-hybridized carbons (Fsp3) is 0.538. The minimum atomic E-state index is -0.203. The zero-order valence-corrected chi connectivity index (χ0v) is 11.0.